The Morgan fingerprint density at radius 1 is 0.800 bits per heavy atom. The van der Waals surface area contributed by atoms with E-state index in [1.807, 2.05) is 0 Å². The van der Waals surface area contributed by atoms with Crippen LogP contribution < -0.4 is 0 Å². The second kappa shape index (κ2) is 11.0. The second-order valence-electron chi connectivity index (χ2n) is 6.01. The lowest BCUT2D eigenvalue weighted by Gasteiger charge is -2.44. The number of carbonyl (C=O) groups is 4. The van der Waals surface area contributed by atoms with E-state index in [0.29, 0.717) is 0 Å². The van der Waals surface area contributed by atoms with Crippen molar-refractivity contribution >= 4 is 64.6 Å². The number of hydrogen-bond acceptors (Lipinski definition) is 11. The van der Waals surface area contributed by atoms with Gasteiger partial charge in [-0.25, -0.2) is 0 Å². The van der Waals surface area contributed by atoms with Crippen molar-refractivity contribution in [3.63, 3.8) is 0 Å². The van der Waals surface area contributed by atoms with Crippen molar-refractivity contribution in [1.82, 2.24) is 0 Å². The standard InChI is InChI=1S/C16H20Cl3NO10/c1-6(21)25-5-10-11(26-7(2)22)12(27-8(3)23)13(28-9(4)24)14(29-10)30-15(20)16(17,18)19/h10-14,20H,5H2,1-4H3/t10?,11-,12+,13+,14-/m1/s1. The topological polar surface area (TPSA) is 148 Å². The van der Waals surface area contributed by atoms with E-state index in [4.69, 9.17) is 68.6 Å². The number of nitrogens with one attached hydrogen (secondary N) is 1. The van der Waals surface area contributed by atoms with Crippen LogP contribution in [-0.4, -0.2) is 70.9 Å². The molecule has 30 heavy (non-hydrogen) atoms. The molecule has 1 fully saturated rings. The van der Waals surface area contributed by atoms with E-state index in [0.717, 1.165) is 27.7 Å². The molecule has 0 radical (unpaired) electrons. The zero-order chi connectivity index (χ0) is 23.2. The van der Waals surface area contributed by atoms with Gasteiger partial charge in [-0.1, -0.05) is 34.8 Å². The summed E-state index contributed by atoms with van der Waals surface area (Å²) in [5.74, 6) is -4.03. The molecule has 1 saturated heterocycles. The van der Waals surface area contributed by atoms with Gasteiger partial charge in [-0.2, -0.15) is 0 Å². The number of carbonyl (C=O) groups excluding carboxylic acids is 4. The Hall–Kier alpha value is -1.82. The zero-order valence-corrected chi connectivity index (χ0v) is 18.6. The van der Waals surface area contributed by atoms with E-state index >= 15 is 0 Å². The van der Waals surface area contributed by atoms with Gasteiger partial charge in [0.1, 0.15) is 12.7 Å². The SMILES string of the molecule is CC(=O)OCC1O[C@H](OC(=N)C(Cl)(Cl)Cl)[C@@H](OC(C)=O)[C@@H](OC(C)=O)[C@@H]1OC(C)=O. The molecule has 0 saturated carbocycles. The number of halogens is 3. The first-order valence-corrected chi connectivity index (χ1v) is 9.48. The minimum absolute atomic E-state index is 0.460. The first-order chi connectivity index (χ1) is 13.7. The molecule has 0 spiro atoms. The van der Waals surface area contributed by atoms with Gasteiger partial charge < -0.3 is 28.4 Å². The van der Waals surface area contributed by atoms with Gasteiger partial charge in [0.2, 0.25) is 18.3 Å². The monoisotopic (exact) mass is 491 g/mol. The van der Waals surface area contributed by atoms with E-state index in [1.54, 1.807) is 0 Å². The van der Waals surface area contributed by atoms with Gasteiger partial charge in [-0.3, -0.25) is 24.6 Å². The van der Waals surface area contributed by atoms with E-state index in [2.05, 4.69) is 0 Å². The predicted octanol–water partition coefficient (Wildman–Crippen LogP) is 1.43. The minimum Gasteiger partial charge on any atom is -0.463 e. The summed E-state index contributed by atoms with van der Waals surface area (Å²) in [6.07, 6.45) is -7.25. The summed E-state index contributed by atoms with van der Waals surface area (Å²) in [5.41, 5.74) is 0. The summed E-state index contributed by atoms with van der Waals surface area (Å²) in [7, 11) is 0. The van der Waals surface area contributed by atoms with Crippen LogP contribution in [0, 0.1) is 5.41 Å². The van der Waals surface area contributed by atoms with Gasteiger partial charge in [-0.05, 0) is 0 Å². The molecule has 170 valence electrons. The average Bonchev–Trinajstić information content (AvgIpc) is 2.56. The summed E-state index contributed by atoms with van der Waals surface area (Å²) >= 11 is 16.8. The lowest BCUT2D eigenvalue weighted by atomic mass is 9.98. The fraction of sp³-hybridized carbons (Fsp3) is 0.688. The lowest BCUT2D eigenvalue weighted by Crippen LogP contribution is -2.63. The van der Waals surface area contributed by atoms with E-state index in [-0.39, 0.29) is 0 Å². The summed E-state index contributed by atoms with van der Waals surface area (Å²) in [4.78, 5) is 46.1. The number of esters is 4. The van der Waals surface area contributed by atoms with Crippen molar-refractivity contribution in [3.05, 3.63) is 0 Å². The molecule has 0 aromatic heterocycles. The molecule has 1 aliphatic rings. The Balaban J connectivity index is 3.37. The average molecular weight is 493 g/mol. The molecular formula is C16H20Cl3NO10. The van der Waals surface area contributed by atoms with Crippen molar-refractivity contribution in [1.29, 1.82) is 5.41 Å². The molecule has 5 atom stereocenters. The highest BCUT2D eigenvalue weighted by molar-refractivity contribution is 6.76. The van der Waals surface area contributed by atoms with Gasteiger partial charge in [0, 0.05) is 27.7 Å². The summed E-state index contributed by atoms with van der Waals surface area (Å²) in [6, 6.07) is 0. The largest absolute Gasteiger partial charge is 0.463 e. The molecule has 14 heteroatoms. The Kier molecular flexibility index (Phi) is 9.60. The van der Waals surface area contributed by atoms with Crippen molar-refractivity contribution in [2.24, 2.45) is 0 Å². The van der Waals surface area contributed by atoms with Crippen LogP contribution in [0.4, 0.5) is 0 Å². The smallest absolute Gasteiger partial charge is 0.303 e. The van der Waals surface area contributed by atoms with Gasteiger partial charge in [0.15, 0.2) is 12.2 Å². The number of hydrogen-bond donors (Lipinski definition) is 1. The maximum absolute atomic E-state index is 11.7. The molecule has 0 bridgehead atoms. The maximum atomic E-state index is 11.7. The Morgan fingerprint density at radius 2 is 1.27 bits per heavy atom. The molecule has 1 N–H and O–H groups in total. The van der Waals surface area contributed by atoms with Crippen molar-refractivity contribution < 1.29 is 47.6 Å². The number of rotatable bonds is 6. The second-order valence-corrected chi connectivity index (χ2v) is 8.29. The molecule has 0 aliphatic carbocycles. The normalized spacial score (nSPS) is 26.2. The Morgan fingerprint density at radius 3 is 1.70 bits per heavy atom. The van der Waals surface area contributed by atoms with Gasteiger partial charge in [0.25, 0.3) is 3.79 Å². The van der Waals surface area contributed by atoms with Gasteiger partial charge >= 0.3 is 23.9 Å². The fourth-order valence-electron chi connectivity index (χ4n) is 2.47. The first kappa shape index (κ1) is 26.2. The van der Waals surface area contributed by atoms with Crippen LogP contribution in [0.5, 0.6) is 0 Å². The van der Waals surface area contributed by atoms with Crippen LogP contribution in [0.1, 0.15) is 27.7 Å². The van der Waals surface area contributed by atoms with E-state index in [1.165, 1.54) is 0 Å². The molecule has 1 heterocycles. The molecule has 0 amide bonds. The predicted molar refractivity (Wildman–Crippen MR) is 101 cm³/mol. The van der Waals surface area contributed by atoms with Crippen LogP contribution in [0.2, 0.25) is 0 Å². The highest BCUT2D eigenvalue weighted by Gasteiger charge is 2.54. The zero-order valence-electron chi connectivity index (χ0n) is 16.3. The van der Waals surface area contributed by atoms with Gasteiger partial charge in [-0.15, -0.1) is 0 Å². The molecule has 1 unspecified atom stereocenters. The molecule has 1 rings (SSSR count). The summed E-state index contributed by atoms with van der Waals surface area (Å²) in [5, 5.41) is 7.74. The van der Waals surface area contributed by atoms with Crippen LogP contribution in [0.15, 0.2) is 0 Å². The molecular weight excluding hydrogens is 473 g/mol. The van der Waals surface area contributed by atoms with Crippen molar-refractivity contribution in [3.8, 4) is 0 Å². The van der Waals surface area contributed by atoms with Gasteiger partial charge in [0.05, 0.1) is 0 Å². The van der Waals surface area contributed by atoms with Crippen LogP contribution in [0.25, 0.3) is 0 Å². The lowest BCUT2D eigenvalue weighted by molar-refractivity contribution is -0.292. The van der Waals surface area contributed by atoms with E-state index < -0.39 is 70.9 Å². The third kappa shape index (κ3) is 8.13. The van der Waals surface area contributed by atoms with Crippen LogP contribution in [-0.2, 0) is 47.6 Å². The Bertz CT molecular complexity index is 695. The highest BCUT2D eigenvalue weighted by Crippen LogP contribution is 2.33. The van der Waals surface area contributed by atoms with Crippen LogP contribution in [0.3, 0.4) is 0 Å². The Labute approximate surface area is 186 Å². The molecule has 0 aromatic rings. The summed E-state index contributed by atoms with van der Waals surface area (Å²) in [6.45, 7) is 3.86. The first-order valence-electron chi connectivity index (χ1n) is 8.35. The fourth-order valence-corrected chi connectivity index (χ4v) is 2.60. The van der Waals surface area contributed by atoms with Crippen LogP contribution >= 0.6 is 34.8 Å². The molecule has 0 aromatic carbocycles. The van der Waals surface area contributed by atoms with E-state index in [9.17, 15) is 19.2 Å². The number of ether oxygens (including phenoxy) is 6. The maximum Gasteiger partial charge on any atom is 0.303 e. The molecule has 11 nitrogen and oxygen atoms in total. The minimum atomic E-state index is -2.29. The summed E-state index contributed by atoms with van der Waals surface area (Å²) < 4.78 is 28.9. The quantitative estimate of drug-likeness (QED) is 0.190. The molecule has 1 aliphatic heterocycles. The highest BCUT2D eigenvalue weighted by atomic mass is 35.6. The van der Waals surface area contributed by atoms with Crippen molar-refractivity contribution in [2.45, 2.75) is 62.2 Å². The third-order valence-electron chi connectivity index (χ3n) is 3.44. The van der Waals surface area contributed by atoms with Crippen molar-refractivity contribution in [2.75, 3.05) is 6.61 Å². The third-order valence-corrected chi connectivity index (χ3v) is 3.95. The number of alkyl halides is 3.